The highest BCUT2D eigenvalue weighted by molar-refractivity contribution is 5.96. The quantitative estimate of drug-likeness (QED) is 0.782. The average molecular weight is 199 g/mol. The molecule has 1 aromatic heterocycles. The van der Waals surface area contributed by atoms with Gasteiger partial charge in [0, 0.05) is 13.2 Å². The molecule has 1 rings (SSSR count). The molecule has 0 aliphatic heterocycles. The van der Waals surface area contributed by atoms with Gasteiger partial charge in [-0.2, -0.15) is 5.10 Å². The summed E-state index contributed by atoms with van der Waals surface area (Å²) in [5, 5.41) is 6.50. The predicted octanol–water partition coefficient (Wildman–Crippen LogP) is 1.42. The van der Waals surface area contributed by atoms with Gasteiger partial charge >= 0.3 is 0 Å². The highest BCUT2D eigenvalue weighted by Crippen LogP contribution is 2.16. The number of aromatic nitrogens is 2. The van der Waals surface area contributed by atoms with Gasteiger partial charge < -0.3 is 5.32 Å². The molecule has 0 aliphatic rings. The van der Waals surface area contributed by atoms with Crippen LogP contribution in [0.3, 0.4) is 0 Å². The lowest BCUT2D eigenvalue weighted by Crippen LogP contribution is -2.32. The minimum absolute atomic E-state index is 0.545. The molecular weight excluding hydrogens is 185 g/mol. The number of rotatable bonds is 2. The molecule has 1 amide bonds. The minimum Gasteiger partial charge on any atom is -0.320 e. The summed E-state index contributed by atoms with van der Waals surface area (Å²) in [5.41, 5.74) is -0.657. The van der Waals surface area contributed by atoms with E-state index in [9.17, 15) is 9.18 Å². The first-order valence-corrected chi connectivity index (χ1v) is 4.31. The second-order valence-corrected chi connectivity index (χ2v) is 3.73. The van der Waals surface area contributed by atoms with Crippen molar-refractivity contribution in [3.63, 3.8) is 0 Å². The van der Waals surface area contributed by atoms with E-state index in [0.717, 1.165) is 0 Å². The van der Waals surface area contributed by atoms with Crippen LogP contribution in [0.25, 0.3) is 0 Å². The molecular formula is C9H14FN3O. The summed E-state index contributed by atoms with van der Waals surface area (Å²) in [6.45, 7) is 4.18. The minimum atomic E-state index is -1.87. The highest BCUT2D eigenvalue weighted by Gasteiger charge is 2.27. The fourth-order valence-corrected chi connectivity index (χ4v) is 0.993. The maximum absolute atomic E-state index is 13.2. The van der Waals surface area contributed by atoms with E-state index in [4.69, 9.17) is 0 Å². The SMILES string of the molecule is Cc1nn(C)cc1NC(=O)C(C)(C)F. The van der Waals surface area contributed by atoms with Crippen molar-refractivity contribution in [1.29, 1.82) is 0 Å². The van der Waals surface area contributed by atoms with Gasteiger partial charge in [-0.25, -0.2) is 4.39 Å². The Bertz CT molecular complexity index is 351. The number of anilines is 1. The van der Waals surface area contributed by atoms with Gasteiger partial charge in [-0.15, -0.1) is 0 Å². The van der Waals surface area contributed by atoms with Crippen LogP contribution in [0.15, 0.2) is 6.20 Å². The summed E-state index contributed by atoms with van der Waals surface area (Å²) >= 11 is 0. The van der Waals surface area contributed by atoms with Crippen molar-refractivity contribution in [3.8, 4) is 0 Å². The maximum atomic E-state index is 13.2. The monoisotopic (exact) mass is 199 g/mol. The van der Waals surface area contributed by atoms with Crippen LogP contribution in [-0.2, 0) is 11.8 Å². The zero-order valence-electron chi connectivity index (χ0n) is 8.76. The van der Waals surface area contributed by atoms with Gasteiger partial charge in [0.15, 0.2) is 5.67 Å². The number of aryl methyl sites for hydroxylation is 2. The zero-order valence-corrected chi connectivity index (χ0v) is 8.76. The molecule has 5 heteroatoms. The standard InChI is InChI=1S/C9H14FN3O/c1-6-7(5-13(4)12-6)11-8(14)9(2,3)10/h5H,1-4H3,(H,11,14). The fourth-order valence-electron chi connectivity index (χ4n) is 0.993. The van der Waals surface area contributed by atoms with Crippen LogP contribution in [0.1, 0.15) is 19.5 Å². The molecule has 1 heterocycles. The number of nitrogens with zero attached hydrogens (tertiary/aromatic N) is 2. The molecule has 0 fully saturated rings. The van der Waals surface area contributed by atoms with E-state index < -0.39 is 11.6 Å². The van der Waals surface area contributed by atoms with Crippen molar-refractivity contribution in [2.24, 2.45) is 7.05 Å². The molecule has 78 valence electrons. The summed E-state index contributed by atoms with van der Waals surface area (Å²) in [6, 6.07) is 0. The number of hydrogen-bond donors (Lipinski definition) is 1. The first-order chi connectivity index (χ1) is 6.30. The first kappa shape index (κ1) is 10.7. The Kier molecular flexibility index (Phi) is 2.59. The van der Waals surface area contributed by atoms with Crippen LogP contribution in [0, 0.1) is 6.92 Å². The summed E-state index contributed by atoms with van der Waals surface area (Å²) in [6.07, 6.45) is 1.64. The van der Waals surface area contributed by atoms with Crippen molar-refractivity contribution in [3.05, 3.63) is 11.9 Å². The van der Waals surface area contributed by atoms with Crippen LogP contribution in [0.2, 0.25) is 0 Å². The Morgan fingerprint density at radius 1 is 1.64 bits per heavy atom. The summed E-state index contributed by atoms with van der Waals surface area (Å²) in [4.78, 5) is 11.3. The highest BCUT2D eigenvalue weighted by atomic mass is 19.1. The molecule has 0 aliphatic carbocycles. The summed E-state index contributed by atoms with van der Waals surface area (Å²) in [7, 11) is 1.74. The maximum Gasteiger partial charge on any atom is 0.261 e. The summed E-state index contributed by atoms with van der Waals surface area (Å²) in [5.74, 6) is -0.659. The third kappa shape index (κ3) is 2.31. The van der Waals surface area contributed by atoms with Crippen LogP contribution < -0.4 is 5.32 Å². The van der Waals surface area contributed by atoms with Crippen LogP contribution in [0.5, 0.6) is 0 Å². The fraction of sp³-hybridized carbons (Fsp3) is 0.556. The van der Waals surface area contributed by atoms with E-state index >= 15 is 0 Å². The Balaban J connectivity index is 2.80. The second-order valence-electron chi connectivity index (χ2n) is 3.73. The van der Waals surface area contributed by atoms with Crippen LogP contribution >= 0.6 is 0 Å². The smallest absolute Gasteiger partial charge is 0.261 e. The van der Waals surface area contributed by atoms with Gasteiger partial charge in [0.1, 0.15) is 0 Å². The lowest BCUT2D eigenvalue weighted by molar-refractivity contribution is -0.125. The Morgan fingerprint density at radius 2 is 2.21 bits per heavy atom. The molecule has 0 saturated carbocycles. The Labute approximate surface area is 82.1 Å². The lowest BCUT2D eigenvalue weighted by atomic mass is 10.1. The molecule has 0 radical (unpaired) electrons. The lowest BCUT2D eigenvalue weighted by Gasteiger charge is -2.12. The van der Waals surface area contributed by atoms with E-state index in [1.807, 2.05) is 0 Å². The summed E-state index contributed by atoms with van der Waals surface area (Å²) < 4.78 is 14.7. The second kappa shape index (κ2) is 3.40. The molecule has 0 atom stereocenters. The zero-order chi connectivity index (χ0) is 10.9. The number of alkyl halides is 1. The van der Waals surface area contributed by atoms with E-state index in [1.165, 1.54) is 13.8 Å². The number of halogens is 1. The predicted molar refractivity (Wildman–Crippen MR) is 51.8 cm³/mol. The van der Waals surface area contributed by atoms with Gasteiger partial charge in [-0.3, -0.25) is 9.48 Å². The number of amides is 1. The van der Waals surface area contributed by atoms with Crippen molar-refractivity contribution in [2.75, 3.05) is 5.32 Å². The molecule has 0 aromatic carbocycles. The van der Waals surface area contributed by atoms with Crippen molar-refractivity contribution < 1.29 is 9.18 Å². The van der Waals surface area contributed by atoms with Crippen LogP contribution in [0.4, 0.5) is 10.1 Å². The van der Waals surface area contributed by atoms with Crippen LogP contribution in [-0.4, -0.2) is 21.4 Å². The van der Waals surface area contributed by atoms with E-state index in [1.54, 1.807) is 24.9 Å². The molecule has 14 heavy (non-hydrogen) atoms. The van der Waals surface area contributed by atoms with Gasteiger partial charge in [-0.05, 0) is 20.8 Å². The largest absolute Gasteiger partial charge is 0.320 e. The van der Waals surface area contributed by atoms with E-state index in [2.05, 4.69) is 10.4 Å². The number of nitrogens with one attached hydrogen (secondary N) is 1. The molecule has 1 N–H and O–H groups in total. The molecule has 0 unspecified atom stereocenters. The third-order valence-corrected chi connectivity index (χ3v) is 1.80. The molecule has 0 saturated heterocycles. The van der Waals surface area contributed by atoms with Gasteiger partial charge in [-0.1, -0.05) is 0 Å². The Hall–Kier alpha value is -1.39. The Morgan fingerprint density at radius 3 is 2.57 bits per heavy atom. The van der Waals surface area contributed by atoms with Gasteiger partial charge in [0.2, 0.25) is 0 Å². The van der Waals surface area contributed by atoms with Crippen molar-refractivity contribution in [2.45, 2.75) is 26.4 Å². The topological polar surface area (TPSA) is 46.9 Å². The van der Waals surface area contributed by atoms with Gasteiger partial charge in [0.05, 0.1) is 11.4 Å². The third-order valence-electron chi connectivity index (χ3n) is 1.80. The van der Waals surface area contributed by atoms with Gasteiger partial charge in [0.25, 0.3) is 5.91 Å². The van der Waals surface area contributed by atoms with E-state index in [0.29, 0.717) is 11.4 Å². The van der Waals surface area contributed by atoms with E-state index in [-0.39, 0.29) is 0 Å². The number of hydrogen-bond acceptors (Lipinski definition) is 2. The first-order valence-electron chi connectivity index (χ1n) is 4.31. The van der Waals surface area contributed by atoms with Crippen molar-refractivity contribution >= 4 is 11.6 Å². The number of carbonyl (C=O) groups is 1. The molecule has 1 aromatic rings. The normalized spacial score (nSPS) is 11.5. The number of carbonyl (C=O) groups excluding carboxylic acids is 1. The molecule has 0 bridgehead atoms. The molecule has 0 spiro atoms. The van der Waals surface area contributed by atoms with Crippen molar-refractivity contribution in [1.82, 2.24) is 9.78 Å². The molecule has 4 nitrogen and oxygen atoms in total. The average Bonchev–Trinajstić information content (AvgIpc) is 2.28.